The van der Waals surface area contributed by atoms with E-state index in [9.17, 15) is 10.1 Å². The summed E-state index contributed by atoms with van der Waals surface area (Å²) in [6.07, 6.45) is 5.17. The maximum Gasteiger partial charge on any atom is 0.363 e. The topological polar surface area (TPSA) is 68.1 Å². The first-order chi connectivity index (χ1) is 8.56. The molecule has 1 fully saturated rings. The summed E-state index contributed by atoms with van der Waals surface area (Å²) in [5.74, 6) is 1.32. The van der Waals surface area contributed by atoms with Gasteiger partial charge in [0.25, 0.3) is 0 Å². The lowest BCUT2D eigenvalue weighted by Gasteiger charge is -2.33. The number of nitrogens with one attached hydrogen (secondary N) is 1. The Kier molecular flexibility index (Phi) is 3.79. The molecule has 3 unspecified atom stereocenters. The van der Waals surface area contributed by atoms with E-state index in [2.05, 4.69) is 24.1 Å². The van der Waals surface area contributed by atoms with Gasteiger partial charge in [-0.1, -0.05) is 13.8 Å². The van der Waals surface area contributed by atoms with Crippen LogP contribution in [0.25, 0.3) is 0 Å². The zero-order valence-corrected chi connectivity index (χ0v) is 10.8. The fourth-order valence-electron chi connectivity index (χ4n) is 2.67. The molecule has 18 heavy (non-hydrogen) atoms. The van der Waals surface area contributed by atoms with Gasteiger partial charge < -0.3 is 15.4 Å². The van der Waals surface area contributed by atoms with Gasteiger partial charge in [0.05, 0.1) is 5.69 Å². The van der Waals surface area contributed by atoms with Gasteiger partial charge in [0.2, 0.25) is 0 Å². The second-order valence-corrected chi connectivity index (χ2v) is 5.31. The van der Waals surface area contributed by atoms with E-state index in [1.54, 1.807) is 12.3 Å². The van der Waals surface area contributed by atoms with Crippen molar-refractivity contribution in [1.29, 1.82) is 0 Å². The third-order valence-corrected chi connectivity index (χ3v) is 3.72. The van der Waals surface area contributed by atoms with Crippen molar-refractivity contribution >= 4 is 11.5 Å². The lowest BCUT2D eigenvalue weighted by atomic mass is 9.80. The third-order valence-electron chi connectivity index (χ3n) is 3.72. The largest absolute Gasteiger partial charge is 0.379 e. The Bertz CT molecular complexity index is 419. The van der Waals surface area contributed by atoms with E-state index >= 15 is 0 Å². The van der Waals surface area contributed by atoms with Gasteiger partial charge in [0, 0.05) is 12.1 Å². The molecule has 1 aromatic heterocycles. The third kappa shape index (κ3) is 2.97. The van der Waals surface area contributed by atoms with E-state index < -0.39 is 4.92 Å². The molecule has 0 bridgehead atoms. The fraction of sp³-hybridized carbons (Fsp3) is 0.615. The Morgan fingerprint density at radius 1 is 1.39 bits per heavy atom. The number of nitro groups is 1. The lowest BCUT2D eigenvalue weighted by Crippen LogP contribution is -2.33. The normalized spacial score (nSPS) is 27.8. The summed E-state index contributed by atoms with van der Waals surface area (Å²) in [4.78, 5) is 13.9. The zero-order valence-electron chi connectivity index (χ0n) is 10.8. The van der Waals surface area contributed by atoms with Crippen molar-refractivity contribution in [3.63, 3.8) is 0 Å². The number of hydrogen-bond acceptors (Lipinski definition) is 4. The molecule has 0 amide bonds. The molecule has 0 spiro atoms. The summed E-state index contributed by atoms with van der Waals surface area (Å²) in [6.45, 7) is 4.55. The van der Waals surface area contributed by atoms with Crippen LogP contribution in [0.5, 0.6) is 0 Å². The van der Waals surface area contributed by atoms with Gasteiger partial charge in [-0.25, -0.2) is 0 Å². The number of hydrogen-bond donors (Lipinski definition) is 1. The Balaban J connectivity index is 1.99. The van der Waals surface area contributed by atoms with Crippen molar-refractivity contribution in [3.8, 4) is 0 Å². The van der Waals surface area contributed by atoms with Crippen molar-refractivity contribution in [2.75, 3.05) is 5.32 Å². The Morgan fingerprint density at radius 3 is 2.72 bits per heavy atom. The van der Waals surface area contributed by atoms with Crippen LogP contribution in [0.2, 0.25) is 0 Å². The predicted octanol–water partition coefficient (Wildman–Crippen LogP) is 3.23. The highest BCUT2D eigenvalue weighted by atomic mass is 16.6. The summed E-state index contributed by atoms with van der Waals surface area (Å²) >= 11 is 0. The molecule has 1 aliphatic rings. The molecule has 5 heteroatoms. The highest BCUT2D eigenvalue weighted by Crippen LogP contribution is 2.30. The monoisotopic (exact) mass is 249 g/mol. The van der Waals surface area contributed by atoms with Crippen molar-refractivity contribution < 1.29 is 4.92 Å². The predicted molar refractivity (Wildman–Crippen MR) is 70.5 cm³/mol. The minimum atomic E-state index is -0.477. The second-order valence-electron chi connectivity index (χ2n) is 5.31. The fourth-order valence-corrected chi connectivity index (χ4v) is 2.67. The smallest absolute Gasteiger partial charge is 0.363 e. The van der Waals surface area contributed by atoms with Gasteiger partial charge in [-0.05, 0) is 47.1 Å². The van der Waals surface area contributed by atoms with Crippen LogP contribution >= 0.6 is 0 Å². The average Bonchev–Trinajstić information content (AvgIpc) is 2.33. The molecule has 1 N–H and O–H groups in total. The van der Waals surface area contributed by atoms with Crippen LogP contribution in [0.3, 0.4) is 0 Å². The zero-order chi connectivity index (χ0) is 13.1. The van der Waals surface area contributed by atoms with Crippen LogP contribution in [-0.2, 0) is 0 Å². The molecule has 2 rings (SSSR count). The van der Waals surface area contributed by atoms with E-state index in [1.807, 2.05) is 0 Å². The summed E-state index contributed by atoms with van der Waals surface area (Å²) in [7, 11) is 0. The van der Waals surface area contributed by atoms with E-state index in [0.29, 0.717) is 12.0 Å². The van der Waals surface area contributed by atoms with E-state index in [4.69, 9.17) is 0 Å². The van der Waals surface area contributed by atoms with Gasteiger partial charge in [-0.3, -0.25) is 0 Å². The first-order valence-corrected chi connectivity index (χ1v) is 6.43. The molecular weight excluding hydrogens is 230 g/mol. The number of aromatic nitrogens is 1. The number of anilines is 1. The van der Waals surface area contributed by atoms with Crippen molar-refractivity contribution in [2.45, 2.75) is 39.2 Å². The average molecular weight is 249 g/mol. The molecule has 0 aliphatic heterocycles. The molecule has 1 saturated carbocycles. The van der Waals surface area contributed by atoms with E-state index in [1.165, 1.54) is 18.9 Å². The number of rotatable bonds is 3. The van der Waals surface area contributed by atoms with Crippen molar-refractivity contribution in [2.24, 2.45) is 11.8 Å². The van der Waals surface area contributed by atoms with Gasteiger partial charge in [0.15, 0.2) is 6.20 Å². The molecule has 1 aromatic rings. The lowest BCUT2D eigenvalue weighted by molar-refractivity contribution is -0.389. The molecule has 3 atom stereocenters. The van der Waals surface area contributed by atoms with Crippen molar-refractivity contribution in [1.82, 2.24) is 4.98 Å². The second kappa shape index (κ2) is 5.33. The van der Waals surface area contributed by atoms with Crippen molar-refractivity contribution in [3.05, 3.63) is 28.4 Å². The molecule has 1 heterocycles. The minimum Gasteiger partial charge on any atom is -0.379 e. The Labute approximate surface area is 107 Å². The first-order valence-electron chi connectivity index (χ1n) is 6.43. The Hall–Kier alpha value is -1.65. The quantitative estimate of drug-likeness (QED) is 0.659. The van der Waals surface area contributed by atoms with Gasteiger partial charge in [-0.15, -0.1) is 0 Å². The van der Waals surface area contributed by atoms with Gasteiger partial charge >= 0.3 is 5.82 Å². The van der Waals surface area contributed by atoms with Gasteiger partial charge in [-0.2, -0.15) is 0 Å². The SMILES string of the molecule is CC1CCC(Nc2ccc([N+](=O)[O-])nc2)C(C)C1. The highest BCUT2D eigenvalue weighted by molar-refractivity contribution is 5.44. The van der Waals surface area contributed by atoms with E-state index in [0.717, 1.165) is 18.0 Å². The molecule has 98 valence electrons. The van der Waals surface area contributed by atoms with Crippen LogP contribution in [0, 0.1) is 22.0 Å². The highest BCUT2D eigenvalue weighted by Gasteiger charge is 2.25. The maximum atomic E-state index is 10.5. The first kappa shape index (κ1) is 12.8. The van der Waals surface area contributed by atoms with Crippen LogP contribution in [-0.4, -0.2) is 15.9 Å². The molecule has 0 saturated heterocycles. The minimum absolute atomic E-state index is 0.106. The molecular formula is C13H19N3O2. The number of pyridine rings is 1. The summed E-state index contributed by atoms with van der Waals surface area (Å²) in [5.41, 5.74) is 0.868. The van der Waals surface area contributed by atoms with Crippen LogP contribution < -0.4 is 5.32 Å². The van der Waals surface area contributed by atoms with Crippen LogP contribution in [0.1, 0.15) is 33.1 Å². The van der Waals surface area contributed by atoms with Crippen LogP contribution in [0.15, 0.2) is 18.3 Å². The summed E-state index contributed by atoms with van der Waals surface area (Å²) in [5, 5.41) is 13.9. The standard InChI is InChI=1S/C13H19N3O2/c1-9-3-5-12(10(2)7-9)15-11-4-6-13(14-8-11)16(17)18/h4,6,8-10,12,15H,3,5,7H2,1-2H3. The van der Waals surface area contributed by atoms with Gasteiger partial charge in [0.1, 0.15) is 0 Å². The molecule has 1 aliphatic carbocycles. The summed E-state index contributed by atoms with van der Waals surface area (Å²) < 4.78 is 0. The number of nitrogens with zero attached hydrogens (tertiary/aromatic N) is 2. The maximum absolute atomic E-state index is 10.5. The van der Waals surface area contributed by atoms with Crippen LogP contribution in [0.4, 0.5) is 11.5 Å². The molecule has 0 radical (unpaired) electrons. The van der Waals surface area contributed by atoms with E-state index in [-0.39, 0.29) is 5.82 Å². The summed E-state index contributed by atoms with van der Waals surface area (Å²) in [6, 6.07) is 3.62. The Morgan fingerprint density at radius 2 is 2.17 bits per heavy atom. The molecule has 5 nitrogen and oxygen atoms in total. The molecule has 0 aromatic carbocycles.